The van der Waals surface area contributed by atoms with E-state index in [2.05, 4.69) is 20.9 Å². The van der Waals surface area contributed by atoms with Crippen molar-refractivity contribution < 1.29 is 18.7 Å². The molecule has 0 fully saturated rings. The Morgan fingerprint density at radius 1 is 1.29 bits per heavy atom. The molecule has 0 aliphatic carbocycles. The number of carbonyl (C=O) groups is 1. The fraction of sp³-hybridized carbons (Fsp3) is 0. The van der Waals surface area contributed by atoms with Crippen LogP contribution in [0, 0.1) is 5.82 Å². The highest BCUT2D eigenvalue weighted by molar-refractivity contribution is 9.10. The minimum Gasteiger partial charge on any atom is -0.478 e. The molecule has 0 aliphatic rings. The van der Waals surface area contributed by atoms with Gasteiger partial charge in [-0.25, -0.2) is 14.2 Å². The predicted molar refractivity (Wildman–Crippen MR) is 79.2 cm³/mol. The molecule has 0 saturated heterocycles. The largest absolute Gasteiger partial charge is 0.478 e. The van der Waals surface area contributed by atoms with Gasteiger partial charge < -0.3 is 9.52 Å². The second-order valence-corrected chi connectivity index (χ2v) is 5.88. The van der Waals surface area contributed by atoms with Gasteiger partial charge in [-0.1, -0.05) is 12.1 Å². The zero-order valence-corrected chi connectivity index (χ0v) is 12.7. The SMILES string of the molecule is O=C(O)c1ccc(Sc2nc3ccccc3o2)c(F)c1Br. The maximum absolute atomic E-state index is 14.2. The van der Waals surface area contributed by atoms with E-state index in [0.717, 1.165) is 11.8 Å². The zero-order chi connectivity index (χ0) is 15.0. The third-order valence-electron chi connectivity index (χ3n) is 2.75. The van der Waals surface area contributed by atoms with Crippen molar-refractivity contribution in [2.75, 3.05) is 0 Å². The molecule has 106 valence electrons. The van der Waals surface area contributed by atoms with E-state index in [-0.39, 0.29) is 14.9 Å². The van der Waals surface area contributed by atoms with Crippen LogP contribution in [0.5, 0.6) is 0 Å². The van der Waals surface area contributed by atoms with Crippen LogP contribution in [-0.4, -0.2) is 16.1 Å². The summed E-state index contributed by atoms with van der Waals surface area (Å²) in [6.07, 6.45) is 0. The number of benzene rings is 2. The number of fused-ring (bicyclic) bond motifs is 1. The van der Waals surface area contributed by atoms with E-state index in [1.54, 1.807) is 12.1 Å². The van der Waals surface area contributed by atoms with Gasteiger partial charge in [0.05, 0.1) is 14.9 Å². The lowest BCUT2D eigenvalue weighted by Crippen LogP contribution is -2.00. The first-order valence-corrected chi connectivity index (χ1v) is 7.42. The molecular formula is C14H7BrFNO3S. The molecular weight excluding hydrogens is 361 g/mol. The number of carboxylic acids is 1. The first-order valence-electron chi connectivity index (χ1n) is 5.81. The molecule has 0 aliphatic heterocycles. The molecule has 0 unspecified atom stereocenters. The summed E-state index contributed by atoms with van der Waals surface area (Å²) in [5.74, 6) is -1.85. The minimum absolute atomic E-state index is 0.0869. The number of nitrogens with zero attached hydrogens (tertiary/aromatic N) is 1. The maximum atomic E-state index is 14.2. The van der Waals surface area contributed by atoms with Crippen LogP contribution in [0.2, 0.25) is 0 Å². The Hall–Kier alpha value is -1.86. The van der Waals surface area contributed by atoms with Crippen LogP contribution >= 0.6 is 27.7 Å². The number of aromatic carboxylic acids is 1. The lowest BCUT2D eigenvalue weighted by atomic mass is 10.2. The lowest BCUT2D eigenvalue weighted by Gasteiger charge is -2.04. The molecule has 1 aromatic heterocycles. The molecule has 21 heavy (non-hydrogen) atoms. The summed E-state index contributed by atoms with van der Waals surface area (Å²) < 4.78 is 19.6. The molecule has 0 spiro atoms. The third-order valence-corrected chi connectivity index (χ3v) is 4.41. The van der Waals surface area contributed by atoms with E-state index < -0.39 is 11.8 Å². The van der Waals surface area contributed by atoms with Crippen molar-refractivity contribution in [3.8, 4) is 0 Å². The zero-order valence-electron chi connectivity index (χ0n) is 10.3. The second-order valence-electron chi connectivity index (χ2n) is 4.09. The van der Waals surface area contributed by atoms with Gasteiger partial charge in [0.25, 0.3) is 5.22 Å². The van der Waals surface area contributed by atoms with E-state index in [1.165, 1.54) is 12.1 Å². The highest BCUT2D eigenvalue weighted by atomic mass is 79.9. The van der Waals surface area contributed by atoms with Crippen LogP contribution in [0.3, 0.4) is 0 Å². The van der Waals surface area contributed by atoms with Crippen molar-refractivity contribution in [2.45, 2.75) is 10.1 Å². The van der Waals surface area contributed by atoms with Crippen LogP contribution < -0.4 is 0 Å². The highest BCUT2D eigenvalue weighted by Gasteiger charge is 2.18. The molecule has 0 atom stereocenters. The summed E-state index contributed by atoms with van der Waals surface area (Å²) in [5.41, 5.74) is 1.16. The molecule has 3 rings (SSSR count). The molecule has 0 radical (unpaired) electrons. The number of hydrogen-bond acceptors (Lipinski definition) is 4. The van der Waals surface area contributed by atoms with Gasteiger partial charge in [0.15, 0.2) is 11.4 Å². The van der Waals surface area contributed by atoms with Crippen molar-refractivity contribution in [2.24, 2.45) is 0 Å². The van der Waals surface area contributed by atoms with Gasteiger partial charge in [-0.05, 0) is 52.0 Å². The first-order chi connectivity index (χ1) is 10.1. The first kappa shape index (κ1) is 14.1. The van der Waals surface area contributed by atoms with Gasteiger partial charge in [0.2, 0.25) is 0 Å². The number of halogens is 2. The van der Waals surface area contributed by atoms with Gasteiger partial charge in [0.1, 0.15) is 5.52 Å². The Balaban J connectivity index is 1.98. The topological polar surface area (TPSA) is 63.3 Å². The average Bonchev–Trinajstić information content (AvgIpc) is 2.86. The van der Waals surface area contributed by atoms with Crippen LogP contribution in [0.25, 0.3) is 11.1 Å². The normalized spacial score (nSPS) is 11.0. The fourth-order valence-corrected chi connectivity index (χ4v) is 3.20. The third kappa shape index (κ3) is 2.66. The second kappa shape index (κ2) is 5.50. The summed E-state index contributed by atoms with van der Waals surface area (Å²) in [6, 6.07) is 9.94. The standard InChI is InChI=1S/C14H7BrFNO3S/c15-11-7(13(18)19)5-6-10(12(11)16)21-14-17-8-3-1-2-4-9(8)20-14/h1-6H,(H,18,19). The lowest BCUT2D eigenvalue weighted by molar-refractivity contribution is 0.0695. The van der Waals surface area contributed by atoms with E-state index in [4.69, 9.17) is 9.52 Å². The Kier molecular flexibility index (Phi) is 3.69. The van der Waals surface area contributed by atoms with E-state index in [9.17, 15) is 9.18 Å². The summed E-state index contributed by atoms with van der Waals surface area (Å²) in [5, 5.41) is 9.23. The molecule has 3 aromatic rings. The van der Waals surface area contributed by atoms with Crippen LogP contribution in [0.15, 0.2) is 55.4 Å². The number of hydrogen-bond donors (Lipinski definition) is 1. The van der Waals surface area contributed by atoms with E-state index in [0.29, 0.717) is 16.3 Å². The summed E-state index contributed by atoms with van der Waals surface area (Å²) >= 11 is 3.96. The Morgan fingerprint density at radius 3 is 2.76 bits per heavy atom. The molecule has 2 aromatic carbocycles. The molecule has 7 heteroatoms. The van der Waals surface area contributed by atoms with Gasteiger partial charge in [-0.15, -0.1) is 0 Å². The van der Waals surface area contributed by atoms with Gasteiger partial charge in [0, 0.05) is 0 Å². The van der Waals surface area contributed by atoms with Crippen LogP contribution in [0.4, 0.5) is 4.39 Å². The number of rotatable bonds is 3. The molecule has 4 nitrogen and oxygen atoms in total. The van der Waals surface area contributed by atoms with Crippen molar-refractivity contribution in [1.29, 1.82) is 0 Å². The van der Waals surface area contributed by atoms with Crippen LogP contribution in [0.1, 0.15) is 10.4 Å². The van der Waals surface area contributed by atoms with Crippen molar-refractivity contribution in [3.05, 3.63) is 52.3 Å². The molecule has 0 amide bonds. The summed E-state index contributed by atoms with van der Waals surface area (Å²) in [7, 11) is 0. The molecule has 0 bridgehead atoms. The summed E-state index contributed by atoms with van der Waals surface area (Å²) in [4.78, 5) is 15.4. The fourth-order valence-electron chi connectivity index (χ4n) is 1.76. The molecule has 1 N–H and O–H groups in total. The number of carboxylic acid groups (broad SMARTS) is 1. The smallest absolute Gasteiger partial charge is 0.336 e. The maximum Gasteiger partial charge on any atom is 0.336 e. The monoisotopic (exact) mass is 367 g/mol. The Bertz CT molecular complexity index is 816. The van der Waals surface area contributed by atoms with E-state index in [1.807, 2.05) is 12.1 Å². The number of aromatic nitrogens is 1. The quantitative estimate of drug-likeness (QED) is 0.733. The summed E-state index contributed by atoms with van der Waals surface area (Å²) in [6.45, 7) is 0. The van der Waals surface area contributed by atoms with Gasteiger partial charge in [-0.2, -0.15) is 0 Å². The van der Waals surface area contributed by atoms with Gasteiger partial charge in [-0.3, -0.25) is 0 Å². The molecule has 0 saturated carbocycles. The van der Waals surface area contributed by atoms with Crippen molar-refractivity contribution >= 4 is 44.8 Å². The van der Waals surface area contributed by atoms with E-state index >= 15 is 0 Å². The Morgan fingerprint density at radius 2 is 2.05 bits per heavy atom. The van der Waals surface area contributed by atoms with Gasteiger partial charge >= 0.3 is 5.97 Å². The number of para-hydroxylation sites is 2. The Labute approximate surface area is 131 Å². The molecule has 1 heterocycles. The van der Waals surface area contributed by atoms with Crippen molar-refractivity contribution in [3.63, 3.8) is 0 Å². The highest BCUT2D eigenvalue weighted by Crippen LogP contribution is 2.35. The minimum atomic E-state index is -1.20. The number of oxazole rings is 1. The van der Waals surface area contributed by atoms with Crippen molar-refractivity contribution in [1.82, 2.24) is 4.98 Å². The predicted octanol–water partition coefficient (Wildman–Crippen LogP) is 4.58. The van der Waals surface area contributed by atoms with Crippen LogP contribution in [-0.2, 0) is 0 Å². The average molecular weight is 368 g/mol.